The predicted octanol–water partition coefficient (Wildman–Crippen LogP) is 1.89. The lowest BCUT2D eigenvalue weighted by Gasteiger charge is -2.22. The fraction of sp³-hybridized carbons (Fsp3) is 0.529. The average molecular weight is 301 g/mol. The van der Waals surface area contributed by atoms with Gasteiger partial charge >= 0.3 is 0 Å². The van der Waals surface area contributed by atoms with Crippen LogP contribution in [0.5, 0.6) is 0 Å². The highest BCUT2D eigenvalue weighted by atomic mass is 16.2. The number of likely N-dealkylation sites (tertiary alicyclic amines) is 1. The van der Waals surface area contributed by atoms with Gasteiger partial charge in [-0.25, -0.2) is 0 Å². The van der Waals surface area contributed by atoms with Crippen LogP contribution < -0.4 is 10.6 Å². The van der Waals surface area contributed by atoms with Crippen molar-refractivity contribution in [3.63, 3.8) is 0 Å². The molecule has 0 radical (unpaired) electrons. The number of carbonyl (C=O) groups is 2. The van der Waals surface area contributed by atoms with Gasteiger partial charge < -0.3 is 15.5 Å². The fourth-order valence-electron chi connectivity index (χ4n) is 3.09. The van der Waals surface area contributed by atoms with Crippen molar-refractivity contribution >= 4 is 17.5 Å². The first-order valence-electron chi connectivity index (χ1n) is 8.13. The standard InChI is InChI=1S/C17H23N3O2/c21-16-5-3-11-20(16)12-13-6-8-14(9-7-13)19-17(22)15-4-1-2-10-18-15/h6-9,15,18H,1-5,10-12H2,(H,19,22). The number of hydrogen-bond donors (Lipinski definition) is 2. The van der Waals surface area contributed by atoms with Crippen molar-refractivity contribution < 1.29 is 9.59 Å². The van der Waals surface area contributed by atoms with Gasteiger partial charge in [0.25, 0.3) is 0 Å². The molecule has 2 heterocycles. The molecule has 0 saturated carbocycles. The second kappa shape index (κ2) is 6.92. The van der Waals surface area contributed by atoms with E-state index in [1.165, 1.54) is 0 Å². The van der Waals surface area contributed by atoms with E-state index in [2.05, 4.69) is 10.6 Å². The highest BCUT2D eigenvalue weighted by molar-refractivity contribution is 5.94. The lowest BCUT2D eigenvalue weighted by Crippen LogP contribution is -2.43. The zero-order valence-electron chi connectivity index (χ0n) is 12.8. The van der Waals surface area contributed by atoms with E-state index in [4.69, 9.17) is 0 Å². The maximum absolute atomic E-state index is 12.1. The van der Waals surface area contributed by atoms with Crippen LogP contribution in [-0.4, -0.2) is 35.8 Å². The van der Waals surface area contributed by atoms with E-state index < -0.39 is 0 Å². The van der Waals surface area contributed by atoms with Gasteiger partial charge in [0.15, 0.2) is 0 Å². The number of nitrogens with zero attached hydrogens (tertiary/aromatic N) is 1. The van der Waals surface area contributed by atoms with Crippen molar-refractivity contribution in [3.8, 4) is 0 Å². The average Bonchev–Trinajstić information content (AvgIpc) is 2.95. The van der Waals surface area contributed by atoms with Crippen LogP contribution in [0.4, 0.5) is 5.69 Å². The molecule has 1 aromatic rings. The normalized spacial score (nSPS) is 21.9. The van der Waals surface area contributed by atoms with Crippen LogP contribution in [0.2, 0.25) is 0 Å². The lowest BCUT2D eigenvalue weighted by atomic mass is 10.0. The number of rotatable bonds is 4. The van der Waals surface area contributed by atoms with Crippen molar-refractivity contribution in [2.75, 3.05) is 18.4 Å². The molecule has 0 spiro atoms. The molecule has 5 nitrogen and oxygen atoms in total. The van der Waals surface area contributed by atoms with Gasteiger partial charge in [-0.1, -0.05) is 18.6 Å². The van der Waals surface area contributed by atoms with Gasteiger partial charge in [0, 0.05) is 25.2 Å². The zero-order valence-corrected chi connectivity index (χ0v) is 12.8. The number of hydrogen-bond acceptors (Lipinski definition) is 3. The first-order valence-corrected chi connectivity index (χ1v) is 8.13. The van der Waals surface area contributed by atoms with E-state index in [1.807, 2.05) is 29.2 Å². The predicted molar refractivity (Wildman–Crippen MR) is 85.4 cm³/mol. The Balaban J connectivity index is 1.54. The molecule has 5 heteroatoms. The van der Waals surface area contributed by atoms with Gasteiger partial charge in [0.1, 0.15) is 0 Å². The highest BCUT2D eigenvalue weighted by Gasteiger charge is 2.21. The number of carbonyl (C=O) groups excluding carboxylic acids is 2. The summed E-state index contributed by atoms with van der Waals surface area (Å²) in [5.74, 6) is 0.280. The molecular formula is C17H23N3O2. The lowest BCUT2D eigenvalue weighted by molar-refractivity contribution is -0.128. The Morgan fingerprint density at radius 3 is 2.68 bits per heavy atom. The third-order valence-corrected chi connectivity index (χ3v) is 4.39. The largest absolute Gasteiger partial charge is 0.338 e. The van der Waals surface area contributed by atoms with Crippen LogP contribution in [0.15, 0.2) is 24.3 Å². The molecule has 0 aliphatic carbocycles. The topological polar surface area (TPSA) is 61.4 Å². The molecule has 2 aliphatic rings. The van der Waals surface area contributed by atoms with Gasteiger partial charge in [0.05, 0.1) is 6.04 Å². The van der Waals surface area contributed by atoms with Gasteiger partial charge in [-0.15, -0.1) is 0 Å². The van der Waals surface area contributed by atoms with Gasteiger partial charge in [-0.3, -0.25) is 9.59 Å². The van der Waals surface area contributed by atoms with E-state index in [-0.39, 0.29) is 17.9 Å². The molecule has 2 N–H and O–H groups in total. The molecule has 2 aliphatic heterocycles. The van der Waals surface area contributed by atoms with E-state index >= 15 is 0 Å². The minimum atomic E-state index is -0.0735. The molecule has 1 atom stereocenters. The van der Waals surface area contributed by atoms with Crippen LogP contribution in [-0.2, 0) is 16.1 Å². The maximum atomic E-state index is 12.1. The molecule has 118 valence electrons. The molecule has 2 amide bonds. The smallest absolute Gasteiger partial charge is 0.241 e. The van der Waals surface area contributed by atoms with E-state index in [0.717, 1.165) is 50.0 Å². The summed E-state index contributed by atoms with van der Waals surface area (Å²) in [5, 5.41) is 6.21. The first kappa shape index (κ1) is 15.0. The summed E-state index contributed by atoms with van der Waals surface area (Å²) in [4.78, 5) is 25.7. The van der Waals surface area contributed by atoms with Crippen LogP contribution in [0.3, 0.4) is 0 Å². The van der Waals surface area contributed by atoms with Crippen LogP contribution >= 0.6 is 0 Å². The maximum Gasteiger partial charge on any atom is 0.241 e. The number of benzene rings is 1. The third-order valence-electron chi connectivity index (χ3n) is 4.39. The second-order valence-corrected chi connectivity index (χ2v) is 6.11. The highest BCUT2D eigenvalue weighted by Crippen LogP contribution is 2.17. The number of nitrogens with one attached hydrogen (secondary N) is 2. The third kappa shape index (κ3) is 3.65. The molecule has 1 unspecified atom stereocenters. The quantitative estimate of drug-likeness (QED) is 0.893. The molecule has 0 bridgehead atoms. The Morgan fingerprint density at radius 2 is 2.05 bits per heavy atom. The summed E-state index contributed by atoms with van der Waals surface area (Å²) >= 11 is 0. The summed E-state index contributed by atoms with van der Waals surface area (Å²) in [6.07, 6.45) is 4.78. The Kier molecular flexibility index (Phi) is 4.73. The number of piperidine rings is 1. The van der Waals surface area contributed by atoms with Gasteiger partial charge in [-0.2, -0.15) is 0 Å². The SMILES string of the molecule is O=C(Nc1ccc(CN2CCCC2=O)cc1)C1CCCCN1. The monoisotopic (exact) mass is 301 g/mol. The summed E-state index contributed by atoms with van der Waals surface area (Å²) in [6.45, 7) is 2.43. The van der Waals surface area contributed by atoms with E-state index in [9.17, 15) is 9.59 Å². The Morgan fingerprint density at radius 1 is 1.23 bits per heavy atom. The molecule has 22 heavy (non-hydrogen) atoms. The van der Waals surface area contributed by atoms with Crippen LogP contribution in [0, 0.1) is 0 Å². The molecule has 1 aromatic carbocycles. The molecule has 3 rings (SSSR count). The van der Waals surface area contributed by atoms with Crippen molar-refractivity contribution in [3.05, 3.63) is 29.8 Å². The van der Waals surface area contributed by atoms with Gasteiger partial charge in [0.2, 0.25) is 11.8 Å². The number of amides is 2. The van der Waals surface area contributed by atoms with E-state index in [0.29, 0.717) is 13.0 Å². The molecule has 0 aromatic heterocycles. The van der Waals surface area contributed by atoms with Crippen LogP contribution in [0.1, 0.15) is 37.7 Å². The first-order chi connectivity index (χ1) is 10.7. The summed E-state index contributed by atoms with van der Waals surface area (Å²) < 4.78 is 0. The number of anilines is 1. The molecular weight excluding hydrogens is 278 g/mol. The minimum absolute atomic E-state index is 0.0437. The minimum Gasteiger partial charge on any atom is -0.338 e. The fourth-order valence-corrected chi connectivity index (χ4v) is 3.09. The summed E-state index contributed by atoms with van der Waals surface area (Å²) in [5.41, 5.74) is 1.91. The molecule has 2 fully saturated rings. The van der Waals surface area contributed by atoms with Crippen molar-refractivity contribution in [2.24, 2.45) is 0 Å². The Bertz CT molecular complexity index is 535. The summed E-state index contributed by atoms with van der Waals surface area (Å²) in [7, 11) is 0. The Labute approximate surface area is 131 Å². The van der Waals surface area contributed by atoms with E-state index in [1.54, 1.807) is 0 Å². The van der Waals surface area contributed by atoms with Crippen molar-refractivity contribution in [2.45, 2.75) is 44.7 Å². The van der Waals surface area contributed by atoms with Crippen molar-refractivity contribution in [1.82, 2.24) is 10.2 Å². The van der Waals surface area contributed by atoms with Crippen molar-refractivity contribution in [1.29, 1.82) is 0 Å². The Hall–Kier alpha value is -1.88. The van der Waals surface area contributed by atoms with Crippen LogP contribution in [0.25, 0.3) is 0 Å². The van der Waals surface area contributed by atoms with Gasteiger partial charge in [-0.05, 0) is 43.5 Å². The summed E-state index contributed by atoms with van der Waals surface area (Å²) in [6, 6.07) is 7.72. The zero-order chi connectivity index (χ0) is 15.4. The molecule has 2 saturated heterocycles. The second-order valence-electron chi connectivity index (χ2n) is 6.11.